The Bertz CT molecular complexity index is 405. The largest absolute Gasteiger partial charge is 0.508 e. The molecule has 0 unspecified atom stereocenters. The first-order valence-electron chi connectivity index (χ1n) is 6.66. The lowest BCUT2D eigenvalue weighted by Gasteiger charge is -2.32. The lowest BCUT2D eigenvalue weighted by molar-refractivity contribution is -0.132. The topological polar surface area (TPSA) is 49.3 Å². The van der Waals surface area contributed by atoms with Gasteiger partial charge in [-0.3, -0.25) is 4.79 Å². The van der Waals surface area contributed by atoms with E-state index < -0.39 is 0 Å². The van der Waals surface area contributed by atoms with Crippen LogP contribution < -0.4 is 5.32 Å². The first-order valence-corrected chi connectivity index (χ1v) is 6.66. The number of rotatable bonds is 3. The van der Waals surface area contributed by atoms with Gasteiger partial charge in [0, 0.05) is 12.0 Å². The monoisotopic (exact) mass is 247 g/mol. The van der Waals surface area contributed by atoms with Crippen LogP contribution in [0.25, 0.3) is 0 Å². The van der Waals surface area contributed by atoms with E-state index in [0.29, 0.717) is 6.54 Å². The molecule has 0 aromatic heterocycles. The average molecular weight is 247 g/mol. The summed E-state index contributed by atoms with van der Waals surface area (Å²) in [6.07, 6.45) is 5.55. The number of benzene rings is 1. The van der Waals surface area contributed by atoms with Gasteiger partial charge in [-0.15, -0.1) is 0 Å². The van der Waals surface area contributed by atoms with E-state index in [0.717, 1.165) is 31.2 Å². The van der Waals surface area contributed by atoms with Crippen molar-refractivity contribution < 1.29 is 9.90 Å². The van der Waals surface area contributed by atoms with Crippen LogP contribution >= 0.6 is 0 Å². The molecule has 2 N–H and O–H groups in total. The molecule has 1 aromatic rings. The van der Waals surface area contributed by atoms with Crippen molar-refractivity contribution in [2.45, 2.75) is 45.6 Å². The van der Waals surface area contributed by atoms with Gasteiger partial charge in [0.25, 0.3) is 0 Å². The van der Waals surface area contributed by atoms with Gasteiger partial charge < -0.3 is 10.4 Å². The molecule has 2 rings (SSSR count). The van der Waals surface area contributed by atoms with Gasteiger partial charge in [0.1, 0.15) is 5.75 Å². The predicted octanol–water partition coefficient (Wildman–Crippen LogP) is 2.98. The highest BCUT2D eigenvalue weighted by Crippen LogP contribution is 2.35. The van der Waals surface area contributed by atoms with Crippen LogP contribution in [0.1, 0.15) is 44.6 Å². The van der Waals surface area contributed by atoms with E-state index in [1.807, 2.05) is 12.1 Å². The summed E-state index contributed by atoms with van der Waals surface area (Å²) in [5.41, 5.74) is 0.829. The molecule has 0 spiro atoms. The van der Waals surface area contributed by atoms with E-state index in [2.05, 4.69) is 12.2 Å². The van der Waals surface area contributed by atoms with Crippen molar-refractivity contribution >= 4 is 5.91 Å². The molecule has 0 aliphatic heterocycles. The number of amides is 1. The molecule has 1 aromatic carbocycles. The van der Waals surface area contributed by atoms with Crippen LogP contribution in [-0.2, 0) is 11.3 Å². The predicted molar refractivity (Wildman–Crippen MR) is 71.1 cm³/mol. The molecule has 3 nitrogen and oxygen atoms in total. The molecule has 1 amide bonds. The van der Waals surface area contributed by atoms with Gasteiger partial charge in [-0.25, -0.2) is 0 Å². The number of carbonyl (C=O) groups excluding carboxylic acids is 1. The van der Waals surface area contributed by atoms with E-state index in [-0.39, 0.29) is 17.1 Å². The third kappa shape index (κ3) is 3.03. The summed E-state index contributed by atoms with van der Waals surface area (Å²) in [5, 5.41) is 12.2. The SMILES string of the molecule is CC1(C(=O)NCc2ccc(O)cc2)CCCCC1. The van der Waals surface area contributed by atoms with Crippen molar-refractivity contribution in [2.75, 3.05) is 0 Å². The lowest BCUT2D eigenvalue weighted by Crippen LogP contribution is -2.39. The molecule has 1 fully saturated rings. The van der Waals surface area contributed by atoms with Crippen molar-refractivity contribution in [1.29, 1.82) is 0 Å². The van der Waals surface area contributed by atoms with Crippen LogP contribution in [0, 0.1) is 5.41 Å². The summed E-state index contributed by atoms with van der Waals surface area (Å²) in [7, 11) is 0. The Morgan fingerprint density at radius 3 is 2.44 bits per heavy atom. The summed E-state index contributed by atoms with van der Waals surface area (Å²) in [6, 6.07) is 6.95. The second kappa shape index (κ2) is 5.42. The highest BCUT2D eigenvalue weighted by atomic mass is 16.3. The molecular weight excluding hydrogens is 226 g/mol. The van der Waals surface area contributed by atoms with Gasteiger partial charge in [0.15, 0.2) is 0 Å². The Hall–Kier alpha value is -1.51. The van der Waals surface area contributed by atoms with Gasteiger partial charge in [0.05, 0.1) is 0 Å². The van der Waals surface area contributed by atoms with Crippen molar-refractivity contribution in [3.8, 4) is 5.75 Å². The normalized spacial score (nSPS) is 18.3. The van der Waals surface area contributed by atoms with Gasteiger partial charge in [-0.2, -0.15) is 0 Å². The maximum Gasteiger partial charge on any atom is 0.226 e. The summed E-state index contributed by atoms with van der Waals surface area (Å²) in [6.45, 7) is 2.60. The van der Waals surface area contributed by atoms with Crippen molar-refractivity contribution in [3.63, 3.8) is 0 Å². The third-order valence-corrected chi connectivity index (χ3v) is 3.89. The molecule has 1 aliphatic carbocycles. The molecule has 0 saturated heterocycles. The highest BCUT2D eigenvalue weighted by molar-refractivity contribution is 5.82. The number of phenols is 1. The van der Waals surface area contributed by atoms with E-state index in [1.165, 1.54) is 6.42 Å². The number of carbonyl (C=O) groups is 1. The van der Waals surface area contributed by atoms with Gasteiger partial charge in [0.2, 0.25) is 5.91 Å². The molecule has 1 saturated carbocycles. The quantitative estimate of drug-likeness (QED) is 0.862. The summed E-state index contributed by atoms with van der Waals surface area (Å²) >= 11 is 0. The molecule has 0 bridgehead atoms. The second-order valence-corrected chi connectivity index (χ2v) is 5.47. The van der Waals surface area contributed by atoms with Crippen molar-refractivity contribution in [3.05, 3.63) is 29.8 Å². The minimum atomic E-state index is -0.185. The smallest absolute Gasteiger partial charge is 0.226 e. The zero-order valence-corrected chi connectivity index (χ0v) is 10.9. The molecule has 3 heteroatoms. The fraction of sp³-hybridized carbons (Fsp3) is 0.533. The van der Waals surface area contributed by atoms with Crippen LogP contribution in [-0.4, -0.2) is 11.0 Å². The summed E-state index contributed by atoms with van der Waals surface area (Å²) in [4.78, 5) is 12.2. The number of aromatic hydroxyl groups is 1. The van der Waals surface area contributed by atoms with Crippen molar-refractivity contribution in [2.24, 2.45) is 5.41 Å². The first-order chi connectivity index (χ1) is 8.60. The number of nitrogens with one attached hydrogen (secondary N) is 1. The fourth-order valence-electron chi connectivity index (χ4n) is 2.57. The van der Waals surface area contributed by atoms with E-state index in [1.54, 1.807) is 12.1 Å². The highest BCUT2D eigenvalue weighted by Gasteiger charge is 2.34. The Balaban J connectivity index is 1.89. The Labute approximate surface area is 108 Å². The molecule has 98 valence electrons. The number of hydrogen-bond donors (Lipinski definition) is 2. The second-order valence-electron chi connectivity index (χ2n) is 5.47. The van der Waals surface area contributed by atoms with E-state index in [9.17, 15) is 9.90 Å². The number of phenolic OH excluding ortho intramolecular Hbond substituents is 1. The number of hydrogen-bond acceptors (Lipinski definition) is 2. The van der Waals surface area contributed by atoms with E-state index in [4.69, 9.17) is 0 Å². The zero-order chi connectivity index (χ0) is 13.0. The minimum Gasteiger partial charge on any atom is -0.508 e. The zero-order valence-electron chi connectivity index (χ0n) is 10.9. The standard InChI is InChI=1S/C15H21NO2/c1-15(9-3-2-4-10-15)14(18)16-11-12-5-7-13(17)8-6-12/h5-8,17H,2-4,9-11H2,1H3,(H,16,18). The molecule has 0 heterocycles. The third-order valence-electron chi connectivity index (χ3n) is 3.89. The summed E-state index contributed by atoms with van der Waals surface area (Å²) in [5.74, 6) is 0.416. The van der Waals surface area contributed by atoms with Crippen molar-refractivity contribution in [1.82, 2.24) is 5.32 Å². The minimum absolute atomic E-state index is 0.162. The van der Waals surface area contributed by atoms with E-state index >= 15 is 0 Å². The first kappa shape index (κ1) is 12.9. The average Bonchev–Trinajstić information content (AvgIpc) is 2.38. The molecule has 0 atom stereocenters. The van der Waals surface area contributed by atoms with Crippen LogP contribution in [0.5, 0.6) is 5.75 Å². The van der Waals surface area contributed by atoms with Gasteiger partial charge >= 0.3 is 0 Å². The molecule has 18 heavy (non-hydrogen) atoms. The Morgan fingerprint density at radius 2 is 1.83 bits per heavy atom. The molecule has 0 radical (unpaired) electrons. The van der Waals surface area contributed by atoms with Crippen LogP contribution in [0.15, 0.2) is 24.3 Å². The maximum atomic E-state index is 12.2. The van der Waals surface area contributed by atoms with Crippen LogP contribution in [0.3, 0.4) is 0 Å². The fourth-order valence-corrected chi connectivity index (χ4v) is 2.57. The molecular formula is C15H21NO2. The van der Waals surface area contributed by atoms with Crippen LogP contribution in [0.4, 0.5) is 0 Å². The maximum absolute atomic E-state index is 12.2. The summed E-state index contributed by atoms with van der Waals surface area (Å²) < 4.78 is 0. The molecule has 1 aliphatic rings. The van der Waals surface area contributed by atoms with Gasteiger partial charge in [-0.1, -0.05) is 38.3 Å². The lowest BCUT2D eigenvalue weighted by atomic mass is 9.75. The van der Waals surface area contributed by atoms with Crippen LogP contribution in [0.2, 0.25) is 0 Å². The Kier molecular flexibility index (Phi) is 3.90. The Morgan fingerprint density at radius 1 is 1.22 bits per heavy atom. The van der Waals surface area contributed by atoms with Gasteiger partial charge in [-0.05, 0) is 30.5 Å².